The third-order valence-electron chi connectivity index (χ3n) is 2.16. The van der Waals surface area contributed by atoms with Gasteiger partial charge in [-0.25, -0.2) is 0 Å². The van der Waals surface area contributed by atoms with Crippen LogP contribution in [0.4, 0.5) is 4.79 Å². The molecule has 1 fully saturated rings. The number of hydrogen-bond acceptors (Lipinski definition) is 3. The predicted molar refractivity (Wildman–Crippen MR) is 74.1 cm³/mol. The van der Waals surface area contributed by atoms with Crippen molar-refractivity contribution in [2.24, 2.45) is 0 Å². The maximum absolute atomic E-state index is 12.0. The number of rotatable bonds is 3. The number of carbonyl (C=O) groups is 1. The Bertz CT molecular complexity index is 355. The molecular weight excluding hydrogens is 577 g/mol. The fourth-order valence-corrected chi connectivity index (χ4v) is 35.0. The minimum absolute atomic E-state index is 0.229. The van der Waals surface area contributed by atoms with E-state index in [4.69, 9.17) is 5.11 Å². The van der Waals surface area contributed by atoms with Crippen molar-refractivity contribution in [2.45, 2.75) is 0 Å². The van der Waals surface area contributed by atoms with Gasteiger partial charge in [-0.05, 0) is 0 Å². The van der Waals surface area contributed by atoms with Gasteiger partial charge in [0.2, 0.25) is 0 Å². The summed E-state index contributed by atoms with van der Waals surface area (Å²) >= 11 is 0.134. The normalized spacial score (nSPS) is 19.9. The van der Waals surface area contributed by atoms with Crippen LogP contribution in [0.1, 0.15) is 0 Å². The maximum atomic E-state index is 12.0. The second-order valence-electron chi connectivity index (χ2n) is 3.02. The average Bonchev–Trinajstić information content (AvgIpc) is 2.28. The Morgan fingerprint density at radius 3 is 2.25 bits per heavy atom. The number of halogens is 3. The molecule has 0 unspecified atom stereocenters. The SMILES string of the molecule is CI([I-]I)S(=O)(=O)N1CCN(C(=O)O)CC1. The summed E-state index contributed by atoms with van der Waals surface area (Å²) in [6.45, 7) is 1.21. The second kappa shape index (κ2) is 6.51. The topological polar surface area (TPSA) is 77.9 Å². The van der Waals surface area contributed by atoms with Crippen LogP contribution in [-0.2, 0) is 7.19 Å². The fraction of sp³-hybridized carbons (Fsp3) is 0.833. The van der Waals surface area contributed by atoms with Gasteiger partial charge >= 0.3 is 118 Å². The first-order valence-electron chi connectivity index (χ1n) is 4.25. The van der Waals surface area contributed by atoms with E-state index in [0.717, 1.165) is 0 Å². The van der Waals surface area contributed by atoms with E-state index in [-0.39, 0.29) is 26.3 Å². The monoisotopic (exact) mass is 589 g/mol. The third kappa shape index (κ3) is 3.68. The van der Waals surface area contributed by atoms with Crippen LogP contribution in [0.5, 0.6) is 0 Å². The van der Waals surface area contributed by atoms with Crippen LogP contribution >= 0.6 is 33.1 Å². The molecule has 1 aliphatic rings. The molecule has 1 amide bonds. The summed E-state index contributed by atoms with van der Waals surface area (Å²) < 4.78 is 25.6. The van der Waals surface area contributed by atoms with Crippen LogP contribution < -0.4 is 13.3 Å². The van der Waals surface area contributed by atoms with E-state index in [1.807, 2.05) is 4.93 Å². The third-order valence-corrected chi connectivity index (χ3v) is 54.6. The Balaban J connectivity index is 2.63. The zero-order chi connectivity index (χ0) is 12.3. The molecule has 1 N–H and O–H groups in total. The molecule has 0 saturated carbocycles. The second-order valence-corrected chi connectivity index (χ2v) is 41.0. The summed E-state index contributed by atoms with van der Waals surface area (Å²) in [6.07, 6.45) is -0.967. The van der Waals surface area contributed by atoms with Gasteiger partial charge in [-0.15, -0.1) is 0 Å². The van der Waals surface area contributed by atoms with Crippen molar-refractivity contribution in [2.75, 3.05) is 31.1 Å². The molecule has 1 rings (SSSR count). The molecule has 0 bridgehead atoms. The molecule has 0 aromatic rings. The Labute approximate surface area is 116 Å². The summed E-state index contributed by atoms with van der Waals surface area (Å²) in [5.74, 6) is 0. The van der Waals surface area contributed by atoms with Crippen molar-refractivity contribution in [3.63, 3.8) is 0 Å². The summed E-state index contributed by atoms with van der Waals surface area (Å²) in [4.78, 5) is 13.8. The fourth-order valence-electron chi connectivity index (χ4n) is 1.26. The molecule has 1 saturated heterocycles. The van der Waals surface area contributed by atoms with Gasteiger partial charge in [-0.2, -0.15) is 0 Å². The number of nitrogens with zero attached hydrogens (tertiary/aromatic N) is 2. The molecule has 98 valence electrons. The van der Waals surface area contributed by atoms with E-state index in [1.54, 1.807) is 0 Å². The Hall–Kier alpha value is 1.37. The van der Waals surface area contributed by atoms with Crippen molar-refractivity contribution in [1.29, 1.82) is 0 Å². The van der Waals surface area contributed by atoms with Gasteiger partial charge < -0.3 is 0 Å². The van der Waals surface area contributed by atoms with Crippen LogP contribution in [0.2, 0.25) is 0 Å². The molecule has 1 aliphatic heterocycles. The number of alkyl halides is 1. The van der Waals surface area contributed by atoms with E-state index < -0.39 is 27.7 Å². The Kier molecular flexibility index (Phi) is 6.28. The van der Waals surface area contributed by atoms with Gasteiger partial charge in [-0.3, -0.25) is 0 Å². The standard InChI is InChI=1S/C6H12I3N2O4S/c1-9(8-7)16(14,15)11-4-2-10(3-5-11)6(12)13/h2-5H2,1H3,(H,12,13)/q-1. The van der Waals surface area contributed by atoms with E-state index in [1.165, 1.54) is 9.21 Å². The first-order chi connectivity index (χ1) is 7.39. The van der Waals surface area contributed by atoms with Crippen LogP contribution in [0, 0.1) is 0 Å². The predicted octanol–water partition coefficient (Wildman–Crippen LogP) is -1.98. The molecular formula is C6H12I3N2O4S-. The van der Waals surface area contributed by atoms with Gasteiger partial charge in [0.05, 0.1) is 0 Å². The van der Waals surface area contributed by atoms with Gasteiger partial charge in [0.25, 0.3) is 0 Å². The molecule has 0 aliphatic carbocycles. The molecule has 16 heavy (non-hydrogen) atoms. The van der Waals surface area contributed by atoms with Crippen LogP contribution in [-0.4, -0.2) is 59.9 Å². The number of piperazine rings is 1. The van der Waals surface area contributed by atoms with Crippen LogP contribution in [0.3, 0.4) is 0 Å². The minimum atomic E-state index is -3.05. The van der Waals surface area contributed by atoms with Gasteiger partial charge in [-0.1, -0.05) is 0 Å². The number of hydrogen-bond donors (Lipinski definition) is 1. The zero-order valence-corrected chi connectivity index (χ0v) is 15.7. The number of amides is 1. The quantitative estimate of drug-likeness (QED) is 0.236. The van der Waals surface area contributed by atoms with Crippen molar-refractivity contribution in [1.82, 2.24) is 9.21 Å². The van der Waals surface area contributed by atoms with E-state index in [2.05, 4.69) is 18.6 Å². The average molecular weight is 589 g/mol. The molecule has 0 atom stereocenters. The van der Waals surface area contributed by atoms with E-state index >= 15 is 0 Å². The van der Waals surface area contributed by atoms with Gasteiger partial charge in [0.1, 0.15) is 0 Å². The van der Waals surface area contributed by atoms with Crippen molar-refractivity contribution >= 4 is 46.4 Å². The molecule has 0 radical (unpaired) electrons. The molecule has 0 spiro atoms. The molecule has 1 heterocycles. The Morgan fingerprint density at radius 2 is 1.88 bits per heavy atom. The van der Waals surface area contributed by atoms with Crippen molar-refractivity contribution in [3.8, 4) is 0 Å². The summed E-state index contributed by atoms with van der Waals surface area (Å²) in [5, 5.41) is 8.75. The molecule has 10 heteroatoms. The van der Waals surface area contributed by atoms with E-state index in [9.17, 15) is 13.2 Å². The van der Waals surface area contributed by atoms with Crippen molar-refractivity contribution in [3.05, 3.63) is 0 Å². The summed E-state index contributed by atoms with van der Waals surface area (Å²) in [5.41, 5.74) is 0. The van der Waals surface area contributed by atoms with Crippen LogP contribution in [0.25, 0.3) is 0 Å². The van der Waals surface area contributed by atoms with Crippen LogP contribution in [0.15, 0.2) is 0 Å². The van der Waals surface area contributed by atoms with Gasteiger partial charge in [0, 0.05) is 0 Å². The first kappa shape index (κ1) is 15.4. The van der Waals surface area contributed by atoms with Gasteiger partial charge in [0.15, 0.2) is 0 Å². The summed E-state index contributed by atoms with van der Waals surface area (Å²) in [7, 11) is -3.05. The molecule has 0 aromatic heterocycles. The molecule has 6 nitrogen and oxygen atoms in total. The van der Waals surface area contributed by atoms with Crippen molar-refractivity contribution < 1.29 is 31.6 Å². The van der Waals surface area contributed by atoms with E-state index in [0.29, 0.717) is 13.1 Å². The number of carboxylic acid groups (broad SMARTS) is 1. The molecule has 0 aromatic carbocycles. The Morgan fingerprint density at radius 1 is 1.38 bits per heavy atom. The summed E-state index contributed by atoms with van der Waals surface area (Å²) in [6, 6.07) is 0. The first-order valence-corrected chi connectivity index (χ1v) is 23.0. The zero-order valence-electron chi connectivity index (χ0n) is 8.44.